The fraction of sp³-hybridized carbons (Fsp3) is 0.167. The standard InChI is InChI=1S/C24H23N3O4S2/c1-2-22(28)26-24-13-19-15-27(16-21(19)32-24)33(30,31)20-10-8-17(9-11-20)12-23(29)25-14-18-6-4-3-5-7-18/h2-11,13H,1,12,14-16H2,(H,25,29)(H,26,28). The van der Waals surface area contributed by atoms with E-state index in [4.69, 9.17) is 0 Å². The third-order valence-corrected chi connectivity index (χ3v) is 8.14. The van der Waals surface area contributed by atoms with Gasteiger partial charge in [-0.2, -0.15) is 4.31 Å². The van der Waals surface area contributed by atoms with E-state index in [1.54, 1.807) is 18.2 Å². The maximum atomic E-state index is 13.1. The molecular weight excluding hydrogens is 458 g/mol. The SMILES string of the molecule is C=CC(=O)Nc1cc2c(s1)CN(S(=O)(=O)c1ccc(CC(=O)NCc3ccccc3)cc1)C2. The van der Waals surface area contributed by atoms with E-state index in [0.29, 0.717) is 11.5 Å². The predicted molar refractivity (Wildman–Crippen MR) is 128 cm³/mol. The number of nitrogens with one attached hydrogen (secondary N) is 2. The van der Waals surface area contributed by atoms with Gasteiger partial charge in [0.25, 0.3) is 0 Å². The molecule has 2 aromatic carbocycles. The van der Waals surface area contributed by atoms with E-state index >= 15 is 0 Å². The topological polar surface area (TPSA) is 95.6 Å². The van der Waals surface area contributed by atoms with Gasteiger partial charge in [-0.3, -0.25) is 9.59 Å². The van der Waals surface area contributed by atoms with Gasteiger partial charge in [0, 0.05) is 24.5 Å². The zero-order valence-corrected chi connectivity index (χ0v) is 19.4. The summed E-state index contributed by atoms with van der Waals surface area (Å²) in [5.41, 5.74) is 2.64. The van der Waals surface area contributed by atoms with Crippen molar-refractivity contribution in [2.75, 3.05) is 5.32 Å². The zero-order chi connectivity index (χ0) is 23.4. The van der Waals surface area contributed by atoms with Crippen molar-refractivity contribution in [3.05, 3.63) is 94.9 Å². The van der Waals surface area contributed by atoms with E-state index in [0.717, 1.165) is 21.6 Å². The minimum Gasteiger partial charge on any atom is -0.352 e. The van der Waals surface area contributed by atoms with Gasteiger partial charge in [0.15, 0.2) is 0 Å². The van der Waals surface area contributed by atoms with Crippen molar-refractivity contribution < 1.29 is 18.0 Å². The molecule has 0 saturated carbocycles. The first kappa shape index (κ1) is 22.9. The number of nitrogens with zero attached hydrogens (tertiary/aromatic N) is 1. The van der Waals surface area contributed by atoms with Gasteiger partial charge in [-0.1, -0.05) is 49.0 Å². The normalized spacial score (nSPS) is 13.3. The minimum atomic E-state index is -3.67. The number of rotatable bonds is 8. The van der Waals surface area contributed by atoms with Crippen molar-refractivity contribution in [1.29, 1.82) is 0 Å². The summed E-state index contributed by atoms with van der Waals surface area (Å²) in [4.78, 5) is 24.8. The highest BCUT2D eigenvalue weighted by Gasteiger charge is 2.32. The summed E-state index contributed by atoms with van der Waals surface area (Å²) < 4.78 is 27.6. The molecule has 33 heavy (non-hydrogen) atoms. The zero-order valence-electron chi connectivity index (χ0n) is 17.8. The van der Waals surface area contributed by atoms with Crippen LogP contribution >= 0.6 is 11.3 Å². The number of thiophene rings is 1. The van der Waals surface area contributed by atoms with Gasteiger partial charge >= 0.3 is 0 Å². The fourth-order valence-electron chi connectivity index (χ4n) is 3.52. The molecule has 9 heteroatoms. The van der Waals surface area contributed by atoms with Crippen LogP contribution in [0.15, 0.2) is 78.2 Å². The molecule has 170 valence electrons. The Hall–Kier alpha value is -3.27. The molecule has 7 nitrogen and oxygen atoms in total. The molecule has 0 aliphatic carbocycles. The van der Waals surface area contributed by atoms with Crippen LogP contribution in [0.3, 0.4) is 0 Å². The number of carbonyl (C=O) groups excluding carboxylic acids is 2. The molecule has 0 radical (unpaired) electrons. The Kier molecular flexibility index (Phi) is 6.73. The molecule has 2 N–H and O–H groups in total. The van der Waals surface area contributed by atoms with Gasteiger partial charge in [-0.05, 0) is 41.0 Å². The Balaban J connectivity index is 1.35. The van der Waals surface area contributed by atoms with E-state index in [1.165, 1.54) is 33.9 Å². The van der Waals surface area contributed by atoms with Crippen LogP contribution in [0.5, 0.6) is 0 Å². The number of benzene rings is 2. The van der Waals surface area contributed by atoms with Crippen LogP contribution in [0, 0.1) is 0 Å². The van der Waals surface area contributed by atoms with Crippen molar-refractivity contribution in [2.45, 2.75) is 31.0 Å². The van der Waals surface area contributed by atoms with Crippen LogP contribution in [-0.2, 0) is 45.7 Å². The minimum absolute atomic E-state index is 0.127. The molecular formula is C24H23N3O4S2. The van der Waals surface area contributed by atoms with E-state index in [-0.39, 0.29) is 36.2 Å². The molecule has 1 aliphatic rings. The fourth-order valence-corrected chi connectivity index (χ4v) is 6.08. The van der Waals surface area contributed by atoms with Crippen LogP contribution < -0.4 is 10.6 Å². The lowest BCUT2D eigenvalue weighted by Crippen LogP contribution is -2.26. The van der Waals surface area contributed by atoms with Crippen LogP contribution in [-0.4, -0.2) is 24.5 Å². The van der Waals surface area contributed by atoms with Crippen LogP contribution in [0.1, 0.15) is 21.6 Å². The van der Waals surface area contributed by atoms with E-state index < -0.39 is 10.0 Å². The second kappa shape index (κ2) is 9.70. The maximum absolute atomic E-state index is 13.1. The van der Waals surface area contributed by atoms with Crippen LogP contribution in [0.2, 0.25) is 0 Å². The van der Waals surface area contributed by atoms with Gasteiger partial charge in [0.05, 0.1) is 16.3 Å². The molecule has 4 rings (SSSR count). The van der Waals surface area contributed by atoms with Crippen molar-refractivity contribution in [3.63, 3.8) is 0 Å². The second-order valence-corrected chi connectivity index (χ2v) is 10.7. The molecule has 1 aliphatic heterocycles. The molecule has 0 atom stereocenters. The molecule has 2 heterocycles. The second-order valence-electron chi connectivity index (χ2n) is 7.61. The third-order valence-electron chi connectivity index (χ3n) is 5.25. The molecule has 0 fully saturated rings. The summed E-state index contributed by atoms with van der Waals surface area (Å²) in [5, 5.41) is 6.25. The number of carbonyl (C=O) groups is 2. The first-order valence-corrected chi connectivity index (χ1v) is 12.6. The van der Waals surface area contributed by atoms with Gasteiger partial charge in [0.1, 0.15) is 0 Å². The lowest BCUT2D eigenvalue weighted by Gasteiger charge is -2.16. The summed E-state index contributed by atoms with van der Waals surface area (Å²) in [7, 11) is -3.67. The summed E-state index contributed by atoms with van der Waals surface area (Å²) in [5.74, 6) is -0.425. The molecule has 2 amide bonds. The smallest absolute Gasteiger partial charge is 0.248 e. The highest BCUT2D eigenvalue weighted by molar-refractivity contribution is 7.89. The van der Waals surface area contributed by atoms with Crippen molar-refractivity contribution in [3.8, 4) is 0 Å². The number of amides is 2. The average Bonchev–Trinajstić information content (AvgIpc) is 3.38. The Morgan fingerprint density at radius 3 is 2.42 bits per heavy atom. The highest BCUT2D eigenvalue weighted by Crippen LogP contribution is 2.36. The van der Waals surface area contributed by atoms with Gasteiger partial charge in [-0.15, -0.1) is 11.3 Å². The predicted octanol–water partition coefficient (Wildman–Crippen LogP) is 3.44. The number of sulfonamides is 1. The van der Waals surface area contributed by atoms with Crippen LogP contribution in [0.25, 0.3) is 0 Å². The highest BCUT2D eigenvalue weighted by atomic mass is 32.2. The van der Waals surface area contributed by atoms with E-state index in [2.05, 4.69) is 17.2 Å². The van der Waals surface area contributed by atoms with E-state index in [1.807, 2.05) is 30.3 Å². The lowest BCUT2D eigenvalue weighted by molar-refractivity contribution is -0.120. The molecule has 0 saturated heterocycles. The van der Waals surface area contributed by atoms with Crippen LogP contribution in [0.4, 0.5) is 5.00 Å². The molecule has 0 unspecified atom stereocenters. The average molecular weight is 482 g/mol. The largest absolute Gasteiger partial charge is 0.352 e. The number of fused-ring (bicyclic) bond motifs is 1. The Morgan fingerprint density at radius 1 is 1.03 bits per heavy atom. The summed E-state index contributed by atoms with van der Waals surface area (Å²) in [6, 6.07) is 17.9. The third kappa shape index (κ3) is 5.39. The van der Waals surface area contributed by atoms with Crippen molar-refractivity contribution >= 4 is 38.2 Å². The molecule has 0 spiro atoms. The molecule has 0 bridgehead atoms. The molecule has 3 aromatic rings. The van der Waals surface area contributed by atoms with Gasteiger partial charge in [0.2, 0.25) is 21.8 Å². The first-order valence-electron chi connectivity index (χ1n) is 10.3. The summed E-state index contributed by atoms with van der Waals surface area (Å²) in [6.45, 7) is 4.38. The first-order chi connectivity index (χ1) is 15.8. The quantitative estimate of drug-likeness (QED) is 0.482. The lowest BCUT2D eigenvalue weighted by atomic mass is 10.1. The Morgan fingerprint density at radius 2 is 1.76 bits per heavy atom. The summed E-state index contributed by atoms with van der Waals surface area (Å²) >= 11 is 1.36. The number of hydrogen-bond acceptors (Lipinski definition) is 5. The monoisotopic (exact) mass is 481 g/mol. The number of hydrogen-bond donors (Lipinski definition) is 2. The summed E-state index contributed by atoms with van der Waals surface area (Å²) in [6.07, 6.45) is 1.37. The van der Waals surface area contributed by atoms with Crippen molar-refractivity contribution in [2.24, 2.45) is 0 Å². The Labute approximate surface area is 196 Å². The number of anilines is 1. The molecule has 1 aromatic heterocycles. The van der Waals surface area contributed by atoms with Crippen molar-refractivity contribution in [1.82, 2.24) is 9.62 Å². The Bertz CT molecular complexity index is 1260. The van der Waals surface area contributed by atoms with Gasteiger partial charge < -0.3 is 10.6 Å². The van der Waals surface area contributed by atoms with E-state index in [9.17, 15) is 18.0 Å². The van der Waals surface area contributed by atoms with Gasteiger partial charge in [-0.25, -0.2) is 8.42 Å². The maximum Gasteiger partial charge on any atom is 0.248 e.